The summed E-state index contributed by atoms with van der Waals surface area (Å²) in [6, 6.07) is 58.5. The molecule has 0 aliphatic heterocycles. The molecular formula is C38H24Y-2. The van der Waals surface area contributed by atoms with E-state index in [-0.39, 0.29) is 32.7 Å². The first-order valence-electron chi connectivity index (χ1n) is 13.0. The Morgan fingerprint density at radius 2 is 0.795 bits per heavy atom. The zero-order chi connectivity index (χ0) is 25.3. The molecule has 181 valence electrons. The van der Waals surface area contributed by atoms with Crippen LogP contribution in [0.2, 0.25) is 0 Å². The van der Waals surface area contributed by atoms with Gasteiger partial charge < -0.3 is 0 Å². The standard InChI is InChI=1S/C38H24.Y/c1-3-11-27(12-4-1)29-19-23-31(24-20-29)37-33-15-7-9-17-35(33)38(36-18-10-8-16-34(36)37)32-25-21-30(22-26-32)28-13-5-2-6-14-28;/h1-13,15-21,23-26H;/q-2;. The number of benzene rings is 7. The number of hydrogen-bond donors (Lipinski definition) is 0. The summed E-state index contributed by atoms with van der Waals surface area (Å²) in [5.41, 5.74) is 9.50. The van der Waals surface area contributed by atoms with Crippen molar-refractivity contribution in [3.63, 3.8) is 0 Å². The van der Waals surface area contributed by atoms with E-state index in [1.165, 1.54) is 54.9 Å². The molecule has 7 aromatic rings. The Balaban J connectivity index is 0.00000277. The van der Waals surface area contributed by atoms with Gasteiger partial charge in [0, 0.05) is 32.7 Å². The molecule has 1 radical (unpaired) electrons. The maximum atomic E-state index is 3.52. The minimum atomic E-state index is 0. The van der Waals surface area contributed by atoms with Crippen LogP contribution < -0.4 is 0 Å². The van der Waals surface area contributed by atoms with Crippen LogP contribution in [0.4, 0.5) is 0 Å². The zero-order valence-electron chi connectivity index (χ0n) is 21.4. The summed E-state index contributed by atoms with van der Waals surface area (Å²) in [4.78, 5) is 0. The van der Waals surface area contributed by atoms with Crippen molar-refractivity contribution in [2.24, 2.45) is 0 Å². The molecule has 0 nitrogen and oxygen atoms in total. The van der Waals surface area contributed by atoms with Gasteiger partial charge in [-0.1, -0.05) is 109 Å². The van der Waals surface area contributed by atoms with Gasteiger partial charge in [0.15, 0.2) is 0 Å². The van der Waals surface area contributed by atoms with E-state index in [1.54, 1.807) is 0 Å². The first kappa shape index (κ1) is 25.4. The Bertz CT molecular complexity index is 1670. The molecule has 0 spiro atoms. The summed E-state index contributed by atoms with van der Waals surface area (Å²) in [7, 11) is 0. The second-order valence-corrected chi connectivity index (χ2v) is 9.55. The molecule has 39 heavy (non-hydrogen) atoms. The van der Waals surface area contributed by atoms with Crippen LogP contribution in [0.5, 0.6) is 0 Å². The van der Waals surface area contributed by atoms with Crippen molar-refractivity contribution < 1.29 is 32.7 Å². The summed E-state index contributed by atoms with van der Waals surface area (Å²) >= 11 is 0. The fourth-order valence-electron chi connectivity index (χ4n) is 5.52. The Labute approximate surface area is 254 Å². The molecule has 0 amide bonds. The van der Waals surface area contributed by atoms with Crippen LogP contribution in [0, 0.1) is 12.1 Å². The zero-order valence-corrected chi connectivity index (χ0v) is 24.3. The fourth-order valence-corrected chi connectivity index (χ4v) is 5.52. The SMILES string of the molecule is [Y].[c-]1ccccc1-c1[c-]cc(-c2c3ccccc3c(-c3ccc(-c4ccccc4)cc3)c3ccccc23)cc1. The molecular weight excluding hydrogens is 545 g/mol. The number of rotatable bonds is 4. The van der Waals surface area contributed by atoms with Gasteiger partial charge in [-0.25, -0.2) is 11.1 Å². The molecule has 0 N–H and O–H groups in total. The third-order valence-electron chi connectivity index (χ3n) is 7.31. The number of hydrogen-bond acceptors (Lipinski definition) is 0. The molecule has 0 saturated carbocycles. The van der Waals surface area contributed by atoms with E-state index in [0.717, 1.165) is 11.1 Å². The van der Waals surface area contributed by atoms with Crippen molar-refractivity contribution in [1.29, 1.82) is 0 Å². The first-order valence-corrected chi connectivity index (χ1v) is 13.0. The molecule has 7 aromatic carbocycles. The number of fused-ring (bicyclic) bond motifs is 2. The van der Waals surface area contributed by atoms with Crippen LogP contribution in [0.25, 0.3) is 66.1 Å². The Kier molecular flexibility index (Phi) is 7.25. The van der Waals surface area contributed by atoms with Gasteiger partial charge in [0.2, 0.25) is 0 Å². The largest absolute Gasteiger partial charge is 0.226 e. The van der Waals surface area contributed by atoms with Crippen molar-refractivity contribution in [3.05, 3.63) is 158 Å². The third-order valence-corrected chi connectivity index (χ3v) is 7.31. The molecule has 0 fully saturated rings. The molecule has 0 aliphatic carbocycles. The van der Waals surface area contributed by atoms with Gasteiger partial charge in [0.05, 0.1) is 0 Å². The van der Waals surface area contributed by atoms with E-state index in [0.29, 0.717) is 0 Å². The van der Waals surface area contributed by atoms with E-state index >= 15 is 0 Å². The van der Waals surface area contributed by atoms with Crippen molar-refractivity contribution in [2.45, 2.75) is 0 Å². The molecule has 0 aromatic heterocycles. The molecule has 0 saturated heterocycles. The summed E-state index contributed by atoms with van der Waals surface area (Å²) < 4.78 is 0. The van der Waals surface area contributed by atoms with Gasteiger partial charge >= 0.3 is 0 Å². The van der Waals surface area contributed by atoms with Crippen LogP contribution in [0.3, 0.4) is 0 Å². The summed E-state index contributed by atoms with van der Waals surface area (Å²) in [5, 5.41) is 5.02. The third kappa shape index (κ3) is 4.76. The molecule has 0 aliphatic rings. The molecule has 0 unspecified atom stereocenters. The van der Waals surface area contributed by atoms with Crippen molar-refractivity contribution in [1.82, 2.24) is 0 Å². The van der Waals surface area contributed by atoms with E-state index < -0.39 is 0 Å². The molecule has 0 heterocycles. The van der Waals surface area contributed by atoms with Crippen LogP contribution in [0.15, 0.2) is 146 Å². The van der Waals surface area contributed by atoms with Gasteiger partial charge in [-0.3, -0.25) is 0 Å². The van der Waals surface area contributed by atoms with Gasteiger partial charge in [-0.2, -0.15) is 36.4 Å². The van der Waals surface area contributed by atoms with E-state index in [9.17, 15) is 0 Å². The average Bonchev–Trinajstić information content (AvgIpc) is 3.01. The van der Waals surface area contributed by atoms with Crippen LogP contribution in [-0.2, 0) is 32.7 Å². The Hall–Kier alpha value is -3.84. The summed E-state index contributed by atoms with van der Waals surface area (Å²) in [6.45, 7) is 0. The predicted octanol–water partition coefficient (Wildman–Crippen LogP) is 10.3. The molecule has 1 heteroatoms. The van der Waals surface area contributed by atoms with Crippen molar-refractivity contribution >= 4 is 21.5 Å². The van der Waals surface area contributed by atoms with Crippen molar-refractivity contribution in [2.75, 3.05) is 0 Å². The predicted molar refractivity (Wildman–Crippen MR) is 161 cm³/mol. The topological polar surface area (TPSA) is 0 Å². The molecule has 7 rings (SSSR count). The quantitative estimate of drug-likeness (QED) is 0.146. The van der Waals surface area contributed by atoms with E-state index in [2.05, 4.69) is 140 Å². The first-order chi connectivity index (χ1) is 18.9. The molecule has 0 atom stereocenters. The Morgan fingerprint density at radius 1 is 0.333 bits per heavy atom. The van der Waals surface area contributed by atoms with Crippen LogP contribution >= 0.6 is 0 Å². The monoisotopic (exact) mass is 569 g/mol. The average molecular weight is 570 g/mol. The second-order valence-electron chi connectivity index (χ2n) is 9.55. The van der Waals surface area contributed by atoms with E-state index in [1.807, 2.05) is 18.2 Å². The maximum Gasteiger partial charge on any atom is 0 e. The van der Waals surface area contributed by atoms with Gasteiger partial charge in [0.25, 0.3) is 0 Å². The Morgan fingerprint density at radius 3 is 1.33 bits per heavy atom. The maximum absolute atomic E-state index is 3.52. The van der Waals surface area contributed by atoms with Gasteiger partial charge in [-0.05, 0) is 49.4 Å². The minimum absolute atomic E-state index is 0. The smallest absolute Gasteiger partial charge is 0 e. The fraction of sp³-hybridized carbons (Fsp3) is 0. The molecule has 0 bridgehead atoms. The summed E-state index contributed by atoms with van der Waals surface area (Å²) in [6.07, 6.45) is 0. The van der Waals surface area contributed by atoms with Crippen LogP contribution in [0.1, 0.15) is 0 Å². The second kappa shape index (κ2) is 11.1. The van der Waals surface area contributed by atoms with Crippen LogP contribution in [-0.4, -0.2) is 0 Å². The van der Waals surface area contributed by atoms with Crippen molar-refractivity contribution in [3.8, 4) is 44.5 Å². The summed E-state index contributed by atoms with van der Waals surface area (Å²) in [5.74, 6) is 0. The minimum Gasteiger partial charge on any atom is -0.226 e. The normalized spacial score (nSPS) is 10.9. The van der Waals surface area contributed by atoms with Gasteiger partial charge in [-0.15, -0.1) is 18.2 Å². The van der Waals surface area contributed by atoms with Gasteiger partial charge in [0.1, 0.15) is 0 Å². The van der Waals surface area contributed by atoms with E-state index in [4.69, 9.17) is 0 Å².